The Morgan fingerprint density at radius 2 is 2.10 bits per heavy atom. The van der Waals surface area contributed by atoms with Crippen molar-refractivity contribution in [1.29, 1.82) is 0 Å². The SMILES string of the molecule is CCC(N)C(c1cccnc1)N(C)CC1CCCCC1. The highest BCUT2D eigenvalue weighted by Crippen LogP contribution is 2.29. The van der Waals surface area contributed by atoms with E-state index in [1.165, 1.54) is 37.7 Å². The number of likely N-dealkylation sites (N-methyl/N-ethyl adjacent to an activating group) is 1. The summed E-state index contributed by atoms with van der Waals surface area (Å²) in [5.41, 5.74) is 7.64. The molecule has 0 aromatic carbocycles. The van der Waals surface area contributed by atoms with E-state index < -0.39 is 0 Å². The Balaban J connectivity index is 2.05. The Morgan fingerprint density at radius 1 is 1.35 bits per heavy atom. The van der Waals surface area contributed by atoms with Crippen molar-refractivity contribution in [3.8, 4) is 0 Å². The Kier molecular flexibility index (Phi) is 5.99. The third-order valence-electron chi connectivity index (χ3n) is 4.65. The summed E-state index contributed by atoms with van der Waals surface area (Å²) in [7, 11) is 2.22. The Morgan fingerprint density at radius 3 is 2.70 bits per heavy atom. The van der Waals surface area contributed by atoms with Gasteiger partial charge in [-0.1, -0.05) is 32.3 Å². The highest BCUT2D eigenvalue weighted by molar-refractivity contribution is 5.16. The summed E-state index contributed by atoms with van der Waals surface area (Å²) in [6.07, 6.45) is 11.8. The Labute approximate surface area is 123 Å². The van der Waals surface area contributed by atoms with E-state index in [1.807, 2.05) is 18.5 Å². The van der Waals surface area contributed by atoms with Gasteiger partial charge < -0.3 is 5.73 Å². The van der Waals surface area contributed by atoms with Crippen molar-refractivity contribution in [2.45, 2.75) is 57.5 Å². The van der Waals surface area contributed by atoms with Gasteiger partial charge in [0.25, 0.3) is 0 Å². The van der Waals surface area contributed by atoms with Crippen molar-refractivity contribution in [2.24, 2.45) is 11.7 Å². The molecule has 2 N–H and O–H groups in total. The van der Waals surface area contributed by atoms with E-state index in [0.29, 0.717) is 0 Å². The predicted molar refractivity (Wildman–Crippen MR) is 84.4 cm³/mol. The standard InChI is InChI=1S/C17H29N3/c1-3-16(18)17(15-10-7-11-19-12-15)20(2)13-14-8-5-4-6-9-14/h7,10-12,14,16-17H,3-6,8-9,13,18H2,1-2H3. The first-order valence-electron chi connectivity index (χ1n) is 8.08. The molecular weight excluding hydrogens is 246 g/mol. The van der Waals surface area contributed by atoms with Crippen LogP contribution in [0.2, 0.25) is 0 Å². The van der Waals surface area contributed by atoms with Gasteiger partial charge >= 0.3 is 0 Å². The molecule has 0 bridgehead atoms. The van der Waals surface area contributed by atoms with E-state index in [0.717, 1.165) is 18.9 Å². The fourth-order valence-corrected chi connectivity index (χ4v) is 3.49. The van der Waals surface area contributed by atoms with Gasteiger partial charge in [-0.3, -0.25) is 9.88 Å². The minimum absolute atomic E-state index is 0.174. The van der Waals surface area contributed by atoms with Gasteiger partial charge in [0.15, 0.2) is 0 Å². The molecule has 3 nitrogen and oxygen atoms in total. The topological polar surface area (TPSA) is 42.1 Å². The van der Waals surface area contributed by atoms with Crippen molar-refractivity contribution in [3.05, 3.63) is 30.1 Å². The quantitative estimate of drug-likeness (QED) is 0.865. The molecule has 1 aromatic heterocycles. The second kappa shape index (κ2) is 7.75. The average Bonchev–Trinajstić information content (AvgIpc) is 2.49. The van der Waals surface area contributed by atoms with Crippen molar-refractivity contribution in [3.63, 3.8) is 0 Å². The molecule has 20 heavy (non-hydrogen) atoms. The number of aromatic nitrogens is 1. The van der Waals surface area contributed by atoms with E-state index in [4.69, 9.17) is 5.73 Å². The van der Waals surface area contributed by atoms with Crippen LogP contribution < -0.4 is 5.73 Å². The molecule has 0 amide bonds. The summed E-state index contributed by atoms with van der Waals surface area (Å²) < 4.78 is 0. The van der Waals surface area contributed by atoms with Gasteiger partial charge in [0.1, 0.15) is 0 Å². The van der Waals surface area contributed by atoms with Crippen molar-refractivity contribution in [2.75, 3.05) is 13.6 Å². The molecule has 1 aromatic rings. The molecule has 1 aliphatic carbocycles. The van der Waals surface area contributed by atoms with Crippen LogP contribution in [0.4, 0.5) is 0 Å². The molecule has 0 saturated heterocycles. The van der Waals surface area contributed by atoms with Gasteiger partial charge in [-0.2, -0.15) is 0 Å². The van der Waals surface area contributed by atoms with E-state index in [2.05, 4.69) is 29.9 Å². The van der Waals surface area contributed by atoms with Crippen LogP contribution in [-0.4, -0.2) is 29.5 Å². The normalized spacial score (nSPS) is 20.0. The second-order valence-corrected chi connectivity index (χ2v) is 6.25. The molecule has 2 unspecified atom stereocenters. The number of nitrogens with zero attached hydrogens (tertiary/aromatic N) is 2. The zero-order chi connectivity index (χ0) is 14.4. The van der Waals surface area contributed by atoms with Crippen LogP contribution in [0.3, 0.4) is 0 Å². The van der Waals surface area contributed by atoms with Gasteiger partial charge in [-0.25, -0.2) is 0 Å². The van der Waals surface area contributed by atoms with Crippen LogP contribution in [0.15, 0.2) is 24.5 Å². The number of hydrogen-bond acceptors (Lipinski definition) is 3. The number of hydrogen-bond donors (Lipinski definition) is 1. The predicted octanol–water partition coefficient (Wildman–Crippen LogP) is 3.37. The molecular formula is C17H29N3. The lowest BCUT2D eigenvalue weighted by molar-refractivity contribution is 0.161. The fourth-order valence-electron chi connectivity index (χ4n) is 3.49. The van der Waals surface area contributed by atoms with E-state index in [9.17, 15) is 0 Å². The molecule has 0 aliphatic heterocycles. The second-order valence-electron chi connectivity index (χ2n) is 6.25. The monoisotopic (exact) mass is 275 g/mol. The highest BCUT2D eigenvalue weighted by Gasteiger charge is 2.25. The number of pyridine rings is 1. The first kappa shape index (κ1) is 15.5. The summed E-state index contributed by atoms with van der Waals surface area (Å²) in [5.74, 6) is 0.844. The molecule has 1 heterocycles. The first-order chi connectivity index (χ1) is 9.72. The molecule has 112 valence electrons. The highest BCUT2D eigenvalue weighted by atomic mass is 15.1. The number of rotatable bonds is 6. The van der Waals surface area contributed by atoms with E-state index in [-0.39, 0.29) is 12.1 Å². The fraction of sp³-hybridized carbons (Fsp3) is 0.706. The Bertz CT molecular complexity index is 373. The molecule has 0 spiro atoms. The minimum Gasteiger partial charge on any atom is -0.326 e. The number of nitrogens with two attached hydrogens (primary N) is 1. The van der Waals surface area contributed by atoms with Crippen molar-refractivity contribution in [1.82, 2.24) is 9.88 Å². The van der Waals surface area contributed by atoms with Crippen LogP contribution in [0, 0.1) is 5.92 Å². The maximum Gasteiger partial charge on any atom is 0.0511 e. The Hall–Kier alpha value is -0.930. The first-order valence-corrected chi connectivity index (χ1v) is 8.08. The average molecular weight is 275 g/mol. The maximum absolute atomic E-state index is 6.39. The third kappa shape index (κ3) is 4.03. The van der Waals surface area contributed by atoms with Crippen LogP contribution in [-0.2, 0) is 0 Å². The summed E-state index contributed by atoms with van der Waals surface area (Å²) >= 11 is 0. The smallest absolute Gasteiger partial charge is 0.0511 e. The largest absolute Gasteiger partial charge is 0.326 e. The summed E-state index contributed by atoms with van der Waals surface area (Å²) in [6.45, 7) is 3.33. The summed E-state index contributed by atoms with van der Waals surface area (Å²) in [4.78, 5) is 6.73. The zero-order valence-corrected chi connectivity index (χ0v) is 13.0. The van der Waals surface area contributed by atoms with Gasteiger partial charge in [0.05, 0.1) is 6.04 Å². The molecule has 3 heteroatoms. The minimum atomic E-state index is 0.174. The third-order valence-corrected chi connectivity index (χ3v) is 4.65. The van der Waals surface area contributed by atoms with Crippen LogP contribution in [0.5, 0.6) is 0 Å². The summed E-state index contributed by atoms with van der Waals surface area (Å²) in [6, 6.07) is 4.63. The molecule has 1 saturated carbocycles. The maximum atomic E-state index is 6.39. The van der Waals surface area contributed by atoms with Gasteiger partial charge in [0.2, 0.25) is 0 Å². The van der Waals surface area contributed by atoms with E-state index in [1.54, 1.807) is 0 Å². The molecule has 1 fully saturated rings. The zero-order valence-electron chi connectivity index (χ0n) is 13.0. The van der Waals surface area contributed by atoms with Gasteiger partial charge in [0, 0.05) is 25.0 Å². The summed E-state index contributed by atoms with van der Waals surface area (Å²) in [5, 5.41) is 0. The van der Waals surface area contributed by atoms with Gasteiger partial charge in [-0.05, 0) is 43.9 Å². The van der Waals surface area contributed by atoms with E-state index >= 15 is 0 Å². The molecule has 2 atom stereocenters. The molecule has 0 radical (unpaired) electrons. The molecule has 2 rings (SSSR count). The molecule has 1 aliphatic rings. The lowest BCUT2D eigenvalue weighted by atomic mass is 9.88. The lowest BCUT2D eigenvalue weighted by Gasteiger charge is -2.36. The van der Waals surface area contributed by atoms with Crippen LogP contribution >= 0.6 is 0 Å². The lowest BCUT2D eigenvalue weighted by Crippen LogP contribution is -2.41. The van der Waals surface area contributed by atoms with Crippen LogP contribution in [0.1, 0.15) is 57.1 Å². The van der Waals surface area contributed by atoms with Crippen molar-refractivity contribution >= 4 is 0 Å². The van der Waals surface area contributed by atoms with Crippen LogP contribution in [0.25, 0.3) is 0 Å². The van der Waals surface area contributed by atoms with Crippen molar-refractivity contribution < 1.29 is 0 Å². The van der Waals surface area contributed by atoms with Gasteiger partial charge in [-0.15, -0.1) is 0 Å².